The van der Waals surface area contributed by atoms with E-state index in [1.807, 2.05) is 13.0 Å². The van der Waals surface area contributed by atoms with Crippen LogP contribution in [0, 0.1) is 0 Å². The number of fused-ring (bicyclic) bond motifs is 1. The summed E-state index contributed by atoms with van der Waals surface area (Å²) in [6.45, 7) is 2.46. The molecule has 7 heteroatoms. The zero-order valence-corrected chi connectivity index (χ0v) is 14.3. The summed E-state index contributed by atoms with van der Waals surface area (Å²) in [7, 11) is -2.25. The molecule has 2 aromatic carbocycles. The molecule has 3 aromatic rings. The van der Waals surface area contributed by atoms with Gasteiger partial charge in [0.15, 0.2) is 0 Å². The van der Waals surface area contributed by atoms with Gasteiger partial charge in [0.25, 0.3) is 10.0 Å². The molecule has 0 radical (unpaired) electrons. The minimum absolute atomic E-state index is 0.126. The number of aromatic nitrogens is 2. The van der Waals surface area contributed by atoms with E-state index in [0.717, 1.165) is 0 Å². The van der Waals surface area contributed by atoms with Crippen LogP contribution >= 0.6 is 0 Å². The fraction of sp³-hybridized carbons (Fsp3) is 0.235. The van der Waals surface area contributed by atoms with Crippen molar-refractivity contribution < 1.29 is 17.9 Å². The molecule has 0 atom stereocenters. The van der Waals surface area contributed by atoms with Gasteiger partial charge in [-0.1, -0.05) is 12.1 Å². The van der Waals surface area contributed by atoms with Crippen LogP contribution in [-0.2, 0) is 21.4 Å². The predicted molar refractivity (Wildman–Crippen MR) is 90.6 cm³/mol. The van der Waals surface area contributed by atoms with E-state index < -0.39 is 10.0 Å². The van der Waals surface area contributed by atoms with Crippen LogP contribution in [0.15, 0.2) is 53.4 Å². The Morgan fingerprint density at radius 2 is 1.79 bits per heavy atom. The summed E-state index contributed by atoms with van der Waals surface area (Å²) in [5, 5.41) is 0. The fourth-order valence-corrected chi connectivity index (χ4v) is 3.93. The number of imidazole rings is 1. The second kappa shape index (κ2) is 6.62. The topological polar surface area (TPSA) is 70.4 Å². The van der Waals surface area contributed by atoms with Gasteiger partial charge in [0, 0.05) is 6.61 Å². The standard InChI is InChI=1S/C17H18N2O4S/c1-3-23-12-17-18-15-6-4-5-7-16(15)19(17)24(20,21)14-10-8-13(22-2)9-11-14/h4-11H,3,12H2,1-2H3. The molecule has 1 heterocycles. The average molecular weight is 346 g/mol. The number of methoxy groups -OCH3 is 1. The zero-order valence-electron chi connectivity index (χ0n) is 13.5. The van der Waals surface area contributed by atoms with E-state index in [0.29, 0.717) is 29.2 Å². The quantitative estimate of drug-likeness (QED) is 0.686. The first-order valence-electron chi connectivity index (χ1n) is 7.51. The lowest BCUT2D eigenvalue weighted by atomic mass is 10.3. The van der Waals surface area contributed by atoms with Gasteiger partial charge in [0.1, 0.15) is 18.2 Å². The summed E-state index contributed by atoms with van der Waals surface area (Å²) in [5.41, 5.74) is 1.15. The van der Waals surface area contributed by atoms with E-state index in [-0.39, 0.29) is 11.5 Å². The van der Waals surface area contributed by atoms with Crippen LogP contribution in [0.4, 0.5) is 0 Å². The summed E-state index contributed by atoms with van der Waals surface area (Å²) < 4.78 is 38.0. The van der Waals surface area contributed by atoms with Crippen LogP contribution in [-0.4, -0.2) is 31.1 Å². The van der Waals surface area contributed by atoms with Crippen molar-refractivity contribution in [2.75, 3.05) is 13.7 Å². The summed E-state index contributed by atoms with van der Waals surface area (Å²) in [4.78, 5) is 4.58. The van der Waals surface area contributed by atoms with Crippen LogP contribution in [0.5, 0.6) is 5.75 Å². The molecule has 0 N–H and O–H groups in total. The SMILES string of the molecule is CCOCc1nc2ccccc2n1S(=O)(=O)c1ccc(OC)cc1. The maximum atomic E-state index is 13.1. The maximum absolute atomic E-state index is 13.1. The molecule has 0 aliphatic carbocycles. The van der Waals surface area contributed by atoms with Gasteiger partial charge in [-0.25, -0.2) is 17.4 Å². The number of nitrogens with zero attached hydrogens (tertiary/aromatic N) is 2. The monoisotopic (exact) mass is 346 g/mol. The second-order valence-corrected chi connectivity index (χ2v) is 6.89. The second-order valence-electron chi connectivity index (χ2n) is 5.10. The summed E-state index contributed by atoms with van der Waals surface area (Å²) in [5.74, 6) is 0.952. The molecule has 0 bridgehead atoms. The van der Waals surface area contributed by atoms with E-state index in [2.05, 4.69) is 4.98 Å². The highest BCUT2D eigenvalue weighted by Crippen LogP contribution is 2.25. The van der Waals surface area contributed by atoms with Gasteiger partial charge in [-0.15, -0.1) is 0 Å². The molecule has 3 rings (SSSR count). The van der Waals surface area contributed by atoms with Gasteiger partial charge < -0.3 is 9.47 Å². The lowest BCUT2D eigenvalue weighted by Gasteiger charge is -2.11. The third-order valence-electron chi connectivity index (χ3n) is 3.62. The molecule has 0 fully saturated rings. The van der Waals surface area contributed by atoms with Crippen molar-refractivity contribution >= 4 is 21.1 Å². The molecule has 0 aliphatic rings. The van der Waals surface area contributed by atoms with Crippen LogP contribution in [0.3, 0.4) is 0 Å². The normalized spacial score (nSPS) is 11.8. The van der Waals surface area contributed by atoms with Gasteiger partial charge in [0.2, 0.25) is 0 Å². The Hall–Kier alpha value is -2.38. The van der Waals surface area contributed by atoms with Crippen LogP contribution in [0.2, 0.25) is 0 Å². The van der Waals surface area contributed by atoms with Gasteiger partial charge in [-0.05, 0) is 43.3 Å². The van der Waals surface area contributed by atoms with Crippen LogP contribution in [0.25, 0.3) is 11.0 Å². The molecule has 0 saturated carbocycles. The minimum atomic E-state index is -3.79. The number of hydrogen-bond acceptors (Lipinski definition) is 5. The van der Waals surface area contributed by atoms with Gasteiger partial charge in [-0.2, -0.15) is 0 Å². The third-order valence-corrected chi connectivity index (χ3v) is 5.37. The highest BCUT2D eigenvalue weighted by Gasteiger charge is 2.24. The highest BCUT2D eigenvalue weighted by atomic mass is 32.2. The van der Waals surface area contributed by atoms with Gasteiger partial charge in [-0.3, -0.25) is 0 Å². The molecule has 0 unspecified atom stereocenters. The zero-order chi connectivity index (χ0) is 17.2. The van der Waals surface area contributed by atoms with E-state index in [1.165, 1.54) is 23.2 Å². The summed E-state index contributed by atoms with van der Waals surface area (Å²) in [6, 6.07) is 13.4. The van der Waals surface area contributed by atoms with Crippen molar-refractivity contribution in [1.82, 2.24) is 8.96 Å². The lowest BCUT2D eigenvalue weighted by molar-refractivity contribution is 0.128. The van der Waals surface area contributed by atoms with E-state index in [4.69, 9.17) is 9.47 Å². The predicted octanol–water partition coefficient (Wildman–Crippen LogP) is 2.82. The Bertz CT molecular complexity index is 946. The maximum Gasteiger partial charge on any atom is 0.269 e. The molecule has 1 aromatic heterocycles. The molecular weight excluding hydrogens is 328 g/mol. The number of rotatable bonds is 6. The Morgan fingerprint density at radius 1 is 1.08 bits per heavy atom. The number of para-hydroxylation sites is 2. The molecule has 0 amide bonds. The highest BCUT2D eigenvalue weighted by molar-refractivity contribution is 7.90. The van der Waals surface area contributed by atoms with E-state index in [1.54, 1.807) is 30.3 Å². The molecule has 0 aliphatic heterocycles. The van der Waals surface area contributed by atoms with Crippen LogP contribution in [0.1, 0.15) is 12.7 Å². The molecule has 0 spiro atoms. The number of hydrogen-bond donors (Lipinski definition) is 0. The van der Waals surface area contributed by atoms with Gasteiger partial charge >= 0.3 is 0 Å². The van der Waals surface area contributed by atoms with Crippen LogP contribution < -0.4 is 4.74 Å². The number of ether oxygens (including phenoxy) is 2. The number of benzene rings is 2. The van der Waals surface area contributed by atoms with E-state index in [9.17, 15) is 8.42 Å². The Labute approximate surface area is 140 Å². The summed E-state index contributed by atoms with van der Waals surface area (Å²) in [6.07, 6.45) is 0. The van der Waals surface area contributed by atoms with Crippen molar-refractivity contribution in [2.45, 2.75) is 18.4 Å². The Morgan fingerprint density at radius 3 is 2.46 bits per heavy atom. The lowest BCUT2D eigenvalue weighted by Crippen LogP contribution is -2.16. The minimum Gasteiger partial charge on any atom is -0.497 e. The molecule has 6 nitrogen and oxygen atoms in total. The van der Waals surface area contributed by atoms with Crippen molar-refractivity contribution in [3.63, 3.8) is 0 Å². The smallest absolute Gasteiger partial charge is 0.269 e. The third kappa shape index (κ3) is 2.88. The molecule has 24 heavy (non-hydrogen) atoms. The molecular formula is C17H18N2O4S. The van der Waals surface area contributed by atoms with Crippen molar-refractivity contribution in [1.29, 1.82) is 0 Å². The first kappa shape index (κ1) is 16.5. The molecule has 126 valence electrons. The fourth-order valence-electron chi connectivity index (χ4n) is 2.46. The van der Waals surface area contributed by atoms with Crippen molar-refractivity contribution in [3.05, 3.63) is 54.4 Å². The van der Waals surface area contributed by atoms with Gasteiger partial charge in [0.05, 0.1) is 23.0 Å². The average Bonchev–Trinajstić information content (AvgIpc) is 2.99. The largest absolute Gasteiger partial charge is 0.497 e. The summed E-state index contributed by atoms with van der Waals surface area (Å²) >= 11 is 0. The first-order valence-corrected chi connectivity index (χ1v) is 8.95. The van der Waals surface area contributed by atoms with Crippen molar-refractivity contribution in [2.24, 2.45) is 0 Å². The molecule has 0 saturated heterocycles. The Balaban J connectivity index is 2.18. The van der Waals surface area contributed by atoms with Crippen molar-refractivity contribution in [3.8, 4) is 5.75 Å². The Kier molecular flexibility index (Phi) is 4.55. The van der Waals surface area contributed by atoms with E-state index >= 15 is 0 Å². The first-order chi connectivity index (χ1) is 11.6.